The van der Waals surface area contributed by atoms with E-state index in [2.05, 4.69) is 5.32 Å². The number of aliphatic carboxylic acids is 1. The molecule has 15 heavy (non-hydrogen) atoms. The smallest absolute Gasteiger partial charge is 0.408 e. The molecule has 0 spiro atoms. The van der Waals surface area contributed by atoms with Gasteiger partial charge in [-0.05, 0) is 13.3 Å². The van der Waals surface area contributed by atoms with Crippen LogP contribution >= 0.6 is 0 Å². The highest BCUT2D eigenvalue weighted by atomic mass is 16.5. The van der Waals surface area contributed by atoms with Crippen LogP contribution in [0.4, 0.5) is 4.79 Å². The lowest BCUT2D eigenvalue weighted by atomic mass is 10.1. The number of hydrogen-bond acceptors (Lipinski definition) is 3. The summed E-state index contributed by atoms with van der Waals surface area (Å²) >= 11 is 0. The van der Waals surface area contributed by atoms with Gasteiger partial charge in [-0.25, -0.2) is 9.59 Å². The summed E-state index contributed by atoms with van der Waals surface area (Å²) in [6, 6.07) is 0. The minimum atomic E-state index is -1.72. The quantitative estimate of drug-likeness (QED) is 0.527. The summed E-state index contributed by atoms with van der Waals surface area (Å²) in [6.07, 6.45) is 5.81. The van der Waals surface area contributed by atoms with Crippen LogP contribution in [0.25, 0.3) is 0 Å². The lowest BCUT2D eigenvalue weighted by Gasteiger charge is -2.19. The predicted octanol–water partition coefficient (Wildman–Crippen LogP) is 0.989. The van der Waals surface area contributed by atoms with Crippen molar-refractivity contribution in [3.8, 4) is 12.3 Å². The van der Waals surface area contributed by atoms with Gasteiger partial charge < -0.3 is 9.84 Å². The van der Waals surface area contributed by atoms with Crippen LogP contribution in [0.1, 0.15) is 26.7 Å². The molecule has 0 aliphatic rings. The van der Waals surface area contributed by atoms with Crippen LogP contribution in [0.2, 0.25) is 0 Å². The van der Waals surface area contributed by atoms with Crippen molar-refractivity contribution >= 4 is 12.1 Å². The lowest BCUT2D eigenvalue weighted by Crippen LogP contribution is -2.51. The molecule has 84 valence electrons. The number of carbonyl (C=O) groups is 2. The van der Waals surface area contributed by atoms with Crippen LogP contribution in [0.15, 0.2) is 0 Å². The molecule has 0 radical (unpaired) electrons. The van der Waals surface area contributed by atoms with E-state index in [1.165, 1.54) is 6.92 Å². The lowest BCUT2D eigenvalue weighted by molar-refractivity contribution is -0.141. The van der Waals surface area contributed by atoms with Crippen LogP contribution in [0.5, 0.6) is 0 Å². The van der Waals surface area contributed by atoms with Crippen LogP contribution in [-0.2, 0) is 9.53 Å². The van der Waals surface area contributed by atoms with Crippen molar-refractivity contribution in [3.05, 3.63) is 0 Å². The molecule has 0 aliphatic carbocycles. The number of ether oxygens (including phenoxy) is 1. The Morgan fingerprint density at radius 2 is 2.20 bits per heavy atom. The first-order valence-electron chi connectivity index (χ1n) is 4.62. The predicted molar refractivity (Wildman–Crippen MR) is 54.3 cm³/mol. The van der Waals surface area contributed by atoms with E-state index in [1.807, 2.05) is 12.8 Å². The van der Waals surface area contributed by atoms with E-state index < -0.39 is 17.6 Å². The van der Waals surface area contributed by atoms with Crippen LogP contribution < -0.4 is 5.32 Å². The van der Waals surface area contributed by atoms with Crippen molar-refractivity contribution in [1.82, 2.24) is 5.32 Å². The molecule has 0 bridgehead atoms. The number of alkyl carbamates (subject to hydrolysis) is 1. The standard InChI is InChI=1S/C10H15NO4/c1-4-6-7-15-9(14)11-10(3,5-2)8(12)13/h2H,4,6-7H2,1,3H3,(H,11,14)(H,12,13). The Hall–Kier alpha value is -1.70. The van der Waals surface area contributed by atoms with E-state index in [9.17, 15) is 9.59 Å². The molecule has 0 heterocycles. The molecule has 0 rings (SSSR count). The van der Waals surface area contributed by atoms with Gasteiger partial charge >= 0.3 is 12.1 Å². The molecule has 1 atom stereocenters. The molecule has 0 aromatic carbocycles. The molecule has 0 saturated heterocycles. The van der Waals surface area contributed by atoms with Gasteiger partial charge in [0.1, 0.15) is 0 Å². The Kier molecular flexibility index (Phi) is 5.24. The van der Waals surface area contributed by atoms with Crippen molar-refractivity contribution in [2.45, 2.75) is 32.2 Å². The number of carboxylic acids is 1. The van der Waals surface area contributed by atoms with E-state index >= 15 is 0 Å². The second kappa shape index (κ2) is 5.91. The number of rotatable bonds is 5. The number of unbranched alkanes of at least 4 members (excludes halogenated alkanes) is 1. The van der Waals surface area contributed by atoms with Crippen molar-refractivity contribution in [2.75, 3.05) is 6.61 Å². The zero-order valence-electron chi connectivity index (χ0n) is 8.87. The zero-order valence-corrected chi connectivity index (χ0v) is 8.87. The largest absolute Gasteiger partial charge is 0.479 e. The Labute approximate surface area is 88.8 Å². The molecular formula is C10H15NO4. The Balaban J connectivity index is 4.15. The van der Waals surface area contributed by atoms with Gasteiger partial charge in [0.05, 0.1) is 6.61 Å². The van der Waals surface area contributed by atoms with E-state index in [4.69, 9.17) is 16.3 Å². The molecule has 5 heteroatoms. The minimum absolute atomic E-state index is 0.253. The molecule has 0 aromatic rings. The van der Waals surface area contributed by atoms with Gasteiger partial charge in [0.25, 0.3) is 0 Å². The molecule has 0 aromatic heterocycles. The number of carboxylic acid groups (broad SMARTS) is 1. The summed E-state index contributed by atoms with van der Waals surface area (Å²) in [7, 11) is 0. The van der Waals surface area contributed by atoms with Crippen molar-refractivity contribution in [3.63, 3.8) is 0 Å². The monoisotopic (exact) mass is 213 g/mol. The van der Waals surface area contributed by atoms with Crippen LogP contribution in [0.3, 0.4) is 0 Å². The minimum Gasteiger partial charge on any atom is -0.479 e. The summed E-state index contributed by atoms with van der Waals surface area (Å²) in [4.78, 5) is 21.8. The summed E-state index contributed by atoms with van der Waals surface area (Å²) < 4.78 is 4.72. The Morgan fingerprint density at radius 1 is 1.60 bits per heavy atom. The molecule has 0 saturated carbocycles. The van der Waals surface area contributed by atoms with Gasteiger partial charge in [-0.3, -0.25) is 5.32 Å². The fraction of sp³-hybridized carbons (Fsp3) is 0.600. The fourth-order valence-corrected chi connectivity index (χ4v) is 0.701. The first kappa shape index (κ1) is 13.3. The van der Waals surface area contributed by atoms with E-state index in [0.29, 0.717) is 0 Å². The van der Waals surface area contributed by atoms with Gasteiger partial charge in [-0.15, -0.1) is 6.42 Å². The van der Waals surface area contributed by atoms with Crippen molar-refractivity contribution < 1.29 is 19.4 Å². The molecule has 0 fully saturated rings. The molecule has 1 unspecified atom stereocenters. The van der Waals surface area contributed by atoms with Crippen molar-refractivity contribution in [1.29, 1.82) is 0 Å². The van der Waals surface area contributed by atoms with Gasteiger partial charge in [0.15, 0.2) is 5.54 Å². The highest BCUT2D eigenvalue weighted by Crippen LogP contribution is 2.02. The Bertz CT molecular complexity index is 282. The third-order valence-electron chi connectivity index (χ3n) is 1.80. The first-order valence-corrected chi connectivity index (χ1v) is 4.62. The molecular weight excluding hydrogens is 198 g/mol. The summed E-state index contributed by atoms with van der Waals surface area (Å²) in [5.41, 5.74) is -1.72. The second-order valence-electron chi connectivity index (χ2n) is 3.19. The van der Waals surface area contributed by atoms with Crippen molar-refractivity contribution in [2.24, 2.45) is 0 Å². The van der Waals surface area contributed by atoms with Crippen LogP contribution in [-0.4, -0.2) is 29.3 Å². The number of carbonyl (C=O) groups excluding carboxylic acids is 1. The Morgan fingerprint density at radius 3 is 2.60 bits per heavy atom. The normalized spacial score (nSPS) is 13.4. The van der Waals surface area contributed by atoms with Gasteiger partial charge in [0.2, 0.25) is 0 Å². The number of amides is 1. The van der Waals surface area contributed by atoms with E-state index in [-0.39, 0.29) is 6.61 Å². The summed E-state index contributed by atoms with van der Waals surface area (Å²) in [6.45, 7) is 3.42. The fourth-order valence-electron chi connectivity index (χ4n) is 0.701. The summed E-state index contributed by atoms with van der Waals surface area (Å²) in [5.74, 6) is 0.694. The average Bonchev–Trinajstić information content (AvgIpc) is 2.17. The van der Waals surface area contributed by atoms with Gasteiger partial charge in [0, 0.05) is 0 Å². The third kappa shape index (κ3) is 4.36. The number of terminal acetylenes is 1. The molecule has 1 amide bonds. The molecule has 2 N–H and O–H groups in total. The third-order valence-corrected chi connectivity index (χ3v) is 1.80. The van der Waals surface area contributed by atoms with E-state index in [0.717, 1.165) is 12.8 Å². The summed E-state index contributed by atoms with van der Waals surface area (Å²) in [5, 5.41) is 10.8. The topological polar surface area (TPSA) is 75.6 Å². The van der Waals surface area contributed by atoms with E-state index in [1.54, 1.807) is 0 Å². The van der Waals surface area contributed by atoms with Gasteiger partial charge in [-0.1, -0.05) is 19.3 Å². The maximum Gasteiger partial charge on any atom is 0.408 e. The SMILES string of the molecule is C#CC(C)(NC(=O)OCCCC)C(=O)O. The highest BCUT2D eigenvalue weighted by Gasteiger charge is 2.33. The highest BCUT2D eigenvalue weighted by molar-refractivity contribution is 5.87. The number of hydrogen-bond donors (Lipinski definition) is 2. The molecule has 0 aliphatic heterocycles. The first-order chi connectivity index (χ1) is 6.96. The maximum atomic E-state index is 11.1. The average molecular weight is 213 g/mol. The molecule has 5 nitrogen and oxygen atoms in total. The van der Waals surface area contributed by atoms with Crippen LogP contribution in [0, 0.1) is 12.3 Å². The zero-order chi connectivity index (χ0) is 11.9. The van der Waals surface area contributed by atoms with Gasteiger partial charge in [-0.2, -0.15) is 0 Å². The number of nitrogens with one attached hydrogen (secondary N) is 1. The maximum absolute atomic E-state index is 11.1. The second-order valence-corrected chi connectivity index (χ2v) is 3.19.